The second-order valence-electron chi connectivity index (χ2n) is 15.9. The number of nitrogens with one attached hydrogen (secondary N) is 2. The van der Waals surface area contributed by atoms with E-state index < -0.39 is 23.7 Å². The number of likely N-dealkylation sites (N-methyl/N-ethyl adjacent to an activating group) is 1. The first kappa shape index (κ1) is 40.1. The second kappa shape index (κ2) is 17.2. The fourth-order valence-corrected chi connectivity index (χ4v) is 7.28. The molecule has 2 heterocycles. The Labute approximate surface area is 310 Å². The fraction of sp³-hybridized carbons (Fsp3) is 0.488. The van der Waals surface area contributed by atoms with Gasteiger partial charge in [-0.1, -0.05) is 68.5 Å². The molecule has 0 aliphatic carbocycles. The van der Waals surface area contributed by atoms with Crippen LogP contribution in [0.3, 0.4) is 0 Å². The maximum atomic E-state index is 12.7. The van der Waals surface area contributed by atoms with Gasteiger partial charge < -0.3 is 25.4 Å². The lowest BCUT2D eigenvalue weighted by atomic mass is 9.81. The molecule has 0 saturated carbocycles. The van der Waals surface area contributed by atoms with E-state index in [-0.39, 0.29) is 23.2 Å². The normalized spacial score (nSPS) is 17.5. The van der Waals surface area contributed by atoms with E-state index in [9.17, 15) is 19.5 Å². The van der Waals surface area contributed by atoms with E-state index in [0.717, 1.165) is 19.4 Å². The Bertz CT molecular complexity index is 1730. The summed E-state index contributed by atoms with van der Waals surface area (Å²) in [5.74, 6) is -1.30. The summed E-state index contributed by atoms with van der Waals surface area (Å²) in [7, 11) is 2.13. The van der Waals surface area contributed by atoms with Crippen molar-refractivity contribution in [1.82, 2.24) is 10.6 Å². The van der Waals surface area contributed by atoms with Crippen molar-refractivity contribution in [2.45, 2.75) is 116 Å². The summed E-state index contributed by atoms with van der Waals surface area (Å²) < 4.78 is 7.61. The van der Waals surface area contributed by atoms with Gasteiger partial charge in [0.15, 0.2) is 5.71 Å². The van der Waals surface area contributed by atoms with Crippen molar-refractivity contribution in [1.29, 1.82) is 0 Å². The number of carboxylic acid groups (broad SMARTS) is 1. The molecule has 280 valence electrons. The first-order valence-corrected chi connectivity index (χ1v) is 18.7. The van der Waals surface area contributed by atoms with Gasteiger partial charge in [-0.25, -0.2) is 9.59 Å². The number of hydrogen-bond acceptors (Lipinski definition) is 5. The minimum absolute atomic E-state index is 0.0673. The van der Waals surface area contributed by atoms with Crippen LogP contribution in [0, 0.1) is 0 Å². The number of fused-ring (bicyclic) bond motifs is 2. The first-order valence-electron chi connectivity index (χ1n) is 18.7. The zero-order valence-electron chi connectivity index (χ0n) is 32.4. The van der Waals surface area contributed by atoms with Crippen LogP contribution in [0.15, 0.2) is 84.6 Å². The molecule has 2 aromatic carbocycles. The quantitative estimate of drug-likeness (QED) is 0.0918. The summed E-state index contributed by atoms with van der Waals surface area (Å²) in [6, 6.07) is 16.2. The number of benzene rings is 2. The molecule has 2 aromatic rings. The number of rotatable bonds is 16. The van der Waals surface area contributed by atoms with Crippen LogP contribution in [0.2, 0.25) is 0 Å². The largest absolute Gasteiger partial charge is 0.480 e. The van der Waals surface area contributed by atoms with Crippen molar-refractivity contribution >= 4 is 35.1 Å². The van der Waals surface area contributed by atoms with Crippen LogP contribution in [0.1, 0.15) is 105 Å². The molecule has 0 fully saturated rings. The molecular formula is C43H59N4O5+. The highest BCUT2D eigenvalue weighted by molar-refractivity contribution is 6.03. The fourth-order valence-electron chi connectivity index (χ4n) is 7.28. The summed E-state index contributed by atoms with van der Waals surface area (Å²) in [4.78, 5) is 38.5. The number of alkyl carbamates (subject to hydrolysis) is 1. The smallest absolute Gasteiger partial charge is 0.407 e. The minimum atomic E-state index is -1.05. The topological polar surface area (TPSA) is 111 Å². The van der Waals surface area contributed by atoms with Crippen LogP contribution in [0.4, 0.5) is 16.2 Å². The number of amides is 2. The molecule has 2 amide bonds. The van der Waals surface area contributed by atoms with Crippen LogP contribution < -0.4 is 15.5 Å². The molecule has 2 aliphatic rings. The highest BCUT2D eigenvalue weighted by Crippen LogP contribution is 2.46. The van der Waals surface area contributed by atoms with E-state index in [1.165, 1.54) is 33.9 Å². The predicted molar refractivity (Wildman–Crippen MR) is 210 cm³/mol. The van der Waals surface area contributed by atoms with Crippen molar-refractivity contribution in [3.8, 4) is 0 Å². The molecule has 52 heavy (non-hydrogen) atoms. The molecule has 0 aromatic heterocycles. The Kier molecular flexibility index (Phi) is 13.3. The Morgan fingerprint density at radius 2 is 1.58 bits per heavy atom. The summed E-state index contributed by atoms with van der Waals surface area (Å²) in [5.41, 5.74) is 6.80. The van der Waals surface area contributed by atoms with E-state index in [4.69, 9.17) is 4.74 Å². The molecule has 1 unspecified atom stereocenters. The zero-order valence-corrected chi connectivity index (χ0v) is 32.4. The Balaban J connectivity index is 1.29. The standard InChI is InChI=1S/C43H58N4O5/c1-41(2,3)52-40(51)44-29-19-18-23-33(39(49)50)45-38(48)28-13-10-20-30-47-35-25-17-15-22-32(35)43(6,7)37(47)27-12-9-11-26-36-42(4,5)31-21-14-16-24-34(31)46(36)8/h9,11-12,14-17,21-22,24-27,33H,10,13,18-20,23,28-30H2,1-8H3,(H2-,44,45,48,49,50,51)/p+1. The number of ether oxygens (including phenoxy) is 1. The number of carboxylic acids is 1. The molecule has 9 nitrogen and oxygen atoms in total. The average Bonchev–Trinajstić information content (AvgIpc) is 3.40. The number of hydrogen-bond donors (Lipinski definition) is 3. The number of nitrogens with zero attached hydrogens (tertiary/aromatic N) is 2. The molecule has 1 atom stereocenters. The first-order chi connectivity index (χ1) is 24.5. The Hall–Kier alpha value is -4.66. The van der Waals surface area contributed by atoms with Crippen LogP contribution in [-0.4, -0.2) is 65.1 Å². The summed E-state index contributed by atoms with van der Waals surface area (Å²) in [5, 5.41) is 15.0. The Morgan fingerprint density at radius 3 is 2.27 bits per heavy atom. The van der Waals surface area contributed by atoms with Gasteiger partial charge in [0, 0.05) is 60.9 Å². The summed E-state index contributed by atoms with van der Waals surface area (Å²) >= 11 is 0. The Morgan fingerprint density at radius 1 is 0.885 bits per heavy atom. The maximum Gasteiger partial charge on any atom is 0.407 e. The third kappa shape index (κ3) is 10.0. The van der Waals surface area contributed by atoms with Gasteiger partial charge >= 0.3 is 12.1 Å². The second-order valence-corrected chi connectivity index (χ2v) is 15.9. The number of carbonyl (C=O) groups excluding carboxylic acids is 2. The number of carbonyl (C=O) groups is 3. The van der Waals surface area contributed by atoms with Gasteiger partial charge in [-0.3, -0.25) is 4.79 Å². The van der Waals surface area contributed by atoms with Gasteiger partial charge in [-0.2, -0.15) is 4.58 Å². The van der Waals surface area contributed by atoms with Crippen molar-refractivity contribution in [2.75, 3.05) is 25.0 Å². The molecule has 2 aliphatic heterocycles. The molecule has 4 rings (SSSR count). The zero-order chi connectivity index (χ0) is 38.1. The van der Waals surface area contributed by atoms with Gasteiger partial charge in [0.25, 0.3) is 0 Å². The van der Waals surface area contributed by atoms with Gasteiger partial charge in [0.2, 0.25) is 11.6 Å². The molecule has 0 bridgehead atoms. The lowest BCUT2D eigenvalue weighted by Crippen LogP contribution is -2.40. The van der Waals surface area contributed by atoms with Crippen LogP contribution in [0.25, 0.3) is 0 Å². The van der Waals surface area contributed by atoms with Crippen molar-refractivity contribution in [3.05, 3.63) is 95.7 Å². The molecule has 3 N–H and O–H groups in total. The van der Waals surface area contributed by atoms with Gasteiger partial charge in [-0.05, 0) is 84.4 Å². The predicted octanol–water partition coefficient (Wildman–Crippen LogP) is 8.31. The lowest BCUT2D eigenvalue weighted by molar-refractivity contribution is -0.438. The monoisotopic (exact) mass is 711 g/mol. The highest BCUT2D eigenvalue weighted by atomic mass is 16.6. The number of anilines is 1. The van der Waals surface area contributed by atoms with Crippen LogP contribution >= 0.6 is 0 Å². The molecular weight excluding hydrogens is 652 g/mol. The SMILES string of the molecule is CN1/C(=C/C=C/C=C/C2=[N+](CCCCCC(=O)NC(CCCCNC(=O)OC(C)(C)C)C(=O)O)c3ccccc3C2(C)C)C(C)(C)c2ccccc21. The van der Waals surface area contributed by atoms with E-state index in [0.29, 0.717) is 32.2 Å². The van der Waals surface area contributed by atoms with E-state index in [2.05, 4.69) is 134 Å². The third-order valence-electron chi connectivity index (χ3n) is 9.98. The molecule has 0 radical (unpaired) electrons. The maximum absolute atomic E-state index is 12.7. The van der Waals surface area contributed by atoms with Gasteiger partial charge in [0.05, 0.1) is 5.41 Å². The lowest BCUT2D eigenvalue weighted by Gasteiger charge is -2.23. The summed E-state index contributed by atoms with van der Waals surface area (Å²) in [6.07, 6.45) is 14.4. The summed E-state index contributed by atoms with van der Waals surface area (Å²) in [6.45, 7) is 15.7. The molecule has 0 saturated heterocycles. The van der Waals surface area contributed by atoms with E-state index in [1.807, 2.05) is 0 Å². The molecule has 9 heteroatoms. The third-order valence-corrected chi connectivity index (χ3v) is 9.98. The van der Waals surface area contributed by atoms with Crippen molar-refractivity contribution in [2.24, 2.45) is 0 Å². The van der Waals surface area contributed by atoms with Gasteiger partial charge in [-0.15, -0.1) is 0 Å². The van der Waals surface area contributed by atoms with E-state index in [1.54, 1.807) is 20.8 Å². The minimum Gasteiger partial charge on any atom is -0.480 e. The van der Waals surface area contributed by atoms with Gasteiger partial charge in [0.1, 0.15) is 18.2 Å². The number of para-hydroxylation sites is 2. The number of allylic oxidation sites excluding steroid dienone is 6. The van der Waals surface area contributed by atoms with Crippen LogP contribution in [-0.2, 0) is 25.2 Å². The van der Waals surface area contributed by atoms with Crippen LogP contribution in [0.5, 0.6) is 0 Å². The molecule has 0 spiro atoms. The average molecular weight is 712 g/mol. The van der Waals surface area contributed by atoms with Crippen molar-refractivity contribution in [3.63, 3.8) is 0 Å². The highest BCUT2D eigenvalue weighted by Gasteiger charge is 2.43. The number of unbranched alkanes of at least 4 members (excludes halogenated alkanes) is 3. The van der Waals surface area contributed by atoms with E-state index >= 15 is 0 Å². The van der Waals surface area contributed by atoms with Crippen molar-refractivity contribution < 1.29 is 28.8 Å². The number of aliphatic carboxylic acids is 1.